The highest BCUT2D eigenvalue weighted by Crippen LogP contribution is 2.27. The Bertz CT molecular complexity index is 861. The minimum Gasteiger partial charge on any atom is -0.290 e. The molecule has 0 saturated carbocycles. The van der Waals surface area contributed by atoms with Gasteiger partial charge in [0, 0.05) is 18.9 Å². The molecule has 3 heterocycles. The monoisotopic (exact) mass is 276 g/mol. The van der Waals surface area contributed by atoms with Gasteiger partial charge in [-0.25, -0.2) is 14.8 Å². The van der Waals surface area contributed by atoms with Gasteiger partial charge in [0.1, 0.15) is 15.0 Å². The summed E-state index contributed by atoms with van der Waals surface area (Å²) in [5, 5.41) is 0. The second-order valence-corrected chi connectivity index (χ2v) is 5.25. The zero-order chi connectivity index (χ0) is 13.4. The van der Waals surface area contributed by atoms with Crippen LogP contribution in [-0.2, 0) is 6.54 Å². The van der Waals surface area contributed by atoms with Gasteiger partial charge < -0.3 is 0 Å². The third-order valence-electron chi connectivity index (χ3n) is 2.98. The molecule has 1 N–H and O–H groups in total. The first kappa shape index (κ1) is 12.0. The van der Waals surface area contributed by atoms with E-state index in [1.54, 1.807) is 17.0 Å². The van der Waals surface area contributed by atoms with Gasteiger partial charge in [-0.1, -0.05) is 13.3 Å². The third-order valence-corrected chi connectivity index (χ3v) is 4.05. The van der Waals surface area contributed by atoms with Gasteiger partial charge in [-0.05, 0) is 6.42 Å². The summed E-state index contributed by atoms with van der Waals surface area (Å²) < 4.78 is 2.10. The van der Waals surface area contributed by atoms with Crippen LogP contribution in [0.15, 0.2) is 22.0 Å². The topological polar surface area (TPSA) is 80.6 Å². The minimum absolute atomic E-state index is 0.363. The molecule has 0 aliphatic carbocycles. The van der Waals surface area contributed by atoms with Crippen molar-refractivity contribution < 1.29 is 0 Å². The highest BCUT2D eigenvalue weighted by atomic mass is 32.1. The van der Waals surface area contributed by atoms with E-state index in [9.17, 15) is 9.59 Å². The molecule has 3 aromatic heterocycles. The molecule has 0 bridgehead atoms. The number of aromatic nitrogens is 4. The highest BCUT2D eigenvalue weighted by molar-refractivity contribution is 7.25. The first-order valence-electron chi connectivity index (χ1n) is 6.08. The van der Waals surface area contributed by atoms with Crippen LogP contribution in [0.5, 0.6) is 0 Å². The Morgan fingerprint density at radius 2 is 2.11 bits per heavy atom. The number of aromatic amines is 1. The van der Waals surface area contributed by atoms with Crippen LogP contribution in [0, 0.1) is 0 Å². The number of nitrogens with one attached hydrogen (secondary N) is 1. The van der Waals surface area contributed by atoms with Gasteiger partial charge in [0.15, 0.2) is 0 Å². The van der Waals surface area contributed by atoms with Gasteiger partial charge in [-0.2, -0.15) is 0 Å². The lowest BCUT2D eigenvalue weighted by Gasteiger charge is -2.05. The van der Waals surface area contributed by atoms with Gasteiger partial charge in [-0.15, -0.1) is 11.3 Å². The number of unbranched alkanes of at least 4 members (excludes halogenated alkanes) is 1. The molecule has 3 aromatic rings. The average Bonchev–Trinajstić information content (AvgIpc) is 2.79. The molecule has 0 atom stereocenters. The minimum atomic E-state index is -0.378. The van der Waals surface area contributed by atoms with Crippen molar-refractivity contribution in [1.29, 1.82) is 0 Å². The standard InChI is InChI=1S/C12H12N4O2S/c1-2-3-6-16-8-7-11(14-5-4-13-7)19-9(8)10(17)15-12(16)18/h4-5H,2-3,6H2,1H3,(H,15,17,18). The Morgan fingerprint density at radius 1 is 1.32 bits per heavy atom. The summed E-state index contributed by atoms with van der Waals surface area (Å²) in [5.74, 6) is 0. The molecule has 6 nitrogen and oxygen atoms in total. The molecular formula is C12H12N4O2S. The molecule has 3 rings (SSSR count). The average molecular weight is 276 g/mol. The summed E-state index contributed by atoms with van der Waals surface area (Å²) in [6.07, 6.45) is 5.00. The molecule has 0 unspecified atom stereocenters. The van der Waals surface area contributed by atoms with Gasteiger partial charge in [0.25, 0.3) is 5.56 Å². The lowest BCUT2D eigenvalue weighted by Crippen LogP contribution is -2.29. The fourth-order valence-electron chi connectivity index (χ4n) is 2.07. The Kier molecular flexibility index (Phi) is 2.90. The maximum Gasteiger partial charge on any atom is 0.328 e. The molecule has 0 aliphatic rings. The predicted molar refractivity (Wildman–Crippen MR) is 74.7 cm³/mol. The van der Waals surface area contributed by atoms with Crippen molar-refractivity contribution in [3.05, 3.63) is 33.2 Å². The lowest BCUT2D eigenvalue weighted by molar-refractivity contribution is 0.619. The summed E-state index contributed by atoms with van der Waals surface area (Å²) in [6, 6.07) is 0. The SMILES string of the molecule is CCCCn1c(=O)[nH]c(=O)c2sc3nccnc3c21. The molecule has 0 saturated heterocycles. The zero-order valence-electron chi connectivity index (χ0n) is 10.3. The van der Waals surface area contributed by atoms with Gasteiger partial charge in [0.2, 0.25) is 0 Å². The normalized spacial score (nSPS) is 11.4. The number of aryl methyl sites for hydroxylation is 1. The zero-order valence-corrected chi connectivity index (χ0v) is 11.2. The number of rotatable bonds is 3. The van der Waals surface area contributed by atoms with E-state index in [1.165, 1.54) is 11.3 Å². The fourth-order valence-corrected chi connectivity index (χ4v) is 3.07. The number of fused-ring (bicyclic) bond motifs is 3. The lowest BCUT2D eigenvalue weighted by atomic mass is 10.3. The summed E-state index contributed by atoms with van der Waals surface area (Å²) in [7, 11) is 0. The van der Waals surface area contributed by atoms with Crippen molar-refractivity contribution in [2.24, 2.45) is 0 Å². The van der Waals surface area contributed by atoms with Gasteiger partial charge >= 0.3 is 5.69 Å². The number of H-pyrrole nitrogens is 1. The van der Waals surface area contributed by atoms with E-state index in [4.69, 9.17) is 0 Å². The summed E-state index contributed by atoms with van der Waals surface area (Å²) >= 11 is 1.27. The molecule has 0 aliphatic heterocycles. The van der Waals surface area contributed by atoms with Crippen molar-refractivity contribution in [1.82, 2.24) is 19.5 Å². The Hall–Kier alpha value is -2.02. The van der Waals surface area contributed by atoms with Gasteiger partial charge in [0.05, 0.1) is 5.52 Å². The maximum atomic E-state index is 12.0. The van der Waals surface area contributed by atoms with Crippen molar-refractivity contribution in [3.63, 3.8) is 0 Å². The second-order valence-electron chi connectivity index (χ2n) is 4.25. The van der Waals surface area contributed by atoms with E-state index in [0.717, 1.165) is 12.8 Å². The largest absolute Gasteiger partial charge is 0.328 e. The fraction of sp³-hybridized carbons (Fsp3) is 0.333. The van der Waals surface area contributed by atoms with Crippen LogP contribution in [0.3, 0.4) is 0 Å². The first-order chi connectivity index (χ1) is 9.22. The third kappa shape index (κ3) is 1.86. The molecule has 0 amide bonds. The van der Waals surface area contributed by atoms with Crippen LogP contribution in [0.4, 0.5) is 0 Å². The second kappa shape index (κ2) is 4.58. The van der Waals surface area contributed by atoms with Crippen LogP contribution in [0.25, 0.3) is 20.6 Å². The molecule has 98 valence electrons. The number of nitrogens with zero attached hydrogens (tertiary/aromatic N) is 3. The molecular weight excluding hydrogens is 264 g/mol. The van der Waals surface area contributed by atoms with E-state index < -0.39 is 0 Å². The molecule has 7 heteroatoms. The van der Waals surface area contributed by atoms with Crippen molar-refractivity contribution in [2.75, 3.05) is 0 Å². The number of hydrogen-bond donors (Lipinski definition) is 1. The summed E-state index contributed by atoms with van der Waals surface area (Å²) in [6.45, 7) is 2.63. The van der Waals surface area contributed by atoms with E-state index in [0.29, 0.717) is 27.1 Å². The molecule has 0 aromatic carbocycles. The maximum absolute atomic E-state index is 12.0. The van der Waals surface area contributed by atoms with E-state index in [-0.39, 0.29) is 11.2 Å². The van der Waals surface area contributed by atoms with Gasteiger partial charge in [-0.3, -0.25) is 14.3 Å². The first-order valence-corrected chi connectivity index (χ1v) is 6.90. The molecule has 0 radical (unpaired) electrons. The van der Waals surface area contributed by atoms with Crippen LogP contribution < -0.4 is 11.2 Å². The predicted octanol–water partition coefficient (Wildman–Crippen LogP) is 1.49. The number of thiophene rings is 1. The highest BCUT2D eigenvalue weighted by Gasteiger charge is 2.15. The smallest absolute Gasteiger partial charge is 0.290 e. The Balaban J connectivity index is 2.46. The van der Waals surface area contributed by atoms with E-state index in [2.05, 4.69) is 21.9 Å². The summed E-state index contributed by atoms with van der Waals surface area (Å²) in [5.41, 5.74) is 0.492. The van der Waals surface area contributed by atoms with Crippen LogP contribution >= 0.6 is 11.3 Å². The van der Waals surface area contributed by atoms with E-state index in [1.807, 2.05) is 0 Å². The Morgan fingerprint density at radius 3 is 2.89 bits per heavy atom. The van der Waals surface area contributed by atoms with Crippen LogP contribution in [-0.4, -0.2) is 19.5 Å². The van der Waals surface area contributed by atoms with Crippen molar-refractivity contribution in [2.45, 2.75) is 26.3 Å². The van der Waals surface area contributed by atoms with Crippen LogP contribution in [0.1, 0.15) is 19.8 Å². The molecule has 0 fully saturated rings. The van der Waals surface area contributed by atoms with E-state index >= 15 is 0 Å². The molecule has 19 heavy (non-hydrogen) atoms. The van der Waals surface area contributed by atoms with Crippen molar-refractivity contribution in [3.8, 4) is 0 Å². The summed E-state index contributed by atoms with van der Waals surface area (Å²) in [4.78, 5) is 35.3. The van der Waals surface area contributed by atoms with Crippen molar-refractivity contribution >= 4 is 31.9 Å². The van der Waals surface area contributed by atoms with Crippen LogP contribution in [0.2, 0.25) is 0 Å². The Labute approximate surface area is 111 Å². The number of hydrogen-bond acceptors (Lipinski definition) is 5. The quantitative estimate of drug-likeness (QED) is 0.786. The molecule has 0 spiro atoms.